The van der Waals surface area contributed by atoms with E-state index < -0.39 is 53.9 Å². The summed E-state index contributed by atoms with van der Waals surface area (Å²) < 4.78 is 131. The summed E-state index contributed by atoms with van der Waals surface area (Å²) in [4.78, 5) is 0. The van der Waals surface area contributed by atoms with Crippen molar-refractivity contribution in [1.82, 2.24) is 0 Å². The largest absolute Gasteiger partial charge is 0.534 e. The van der Waals surface area contributed by atoms with E-state index in [1.165, 1.54) is 36.4 Å². The van der Waals surface area contributed by atoms with Crippen LogP contribution in [0, 0.1) is 0 Å². The van der Waals surface area contributed by atoms with Crippen molar-refractivity contribution in [2.24, 2.45) is 0 Å². The molecule has 0 aromatic heterocycles. The molecule has 0 atom stereocenters. The van der Waals surface area contributed by atoms with Crippen molar-refractivity contribution in [3.63, 3.8) is 0 Å². The van der Waals surface area contributed by atoms with Gasteiger partial charge in [0.2, 0.25) is 0 Å². The smallest absolute Gasteiger partial charge is 0.371 e. The Bertz CT molecular complexity index is 1030. The average molecular weight is 476 g/mol. The van der Waals surface area contributed by atoms with Crippen LogP contribution in [0.3, 0.4) is 0 Å². The zero-order valence-electron chi connectivity index (χ0n) is 14.3. The second-order valence-electron chi connectivity index (χ2n) is 5.36. The summed E-state index contributed by atoms with van der Waals surface area (Å²) in [5.74, 6) is -2.82. The molecule has 0 fully saturated rings. The lowest BCUT2D eigenvalue weighted by molar-refractivity contribution is -0.0520. The number of benzene rings is 2. The minimum atomic E-state index is -6.40. The summed E-state index contributed by atoms with van der Waals surface area (Å²) in [6.07, 6.45) is 0. The van der Waals surface area contributed by atoms with E-state index in [0.29, 0.717) is 0 Å². The Labute approximate surface area is 166 Å². The second kappa shape index (κ2) is 8.18. The van der Waals surface area contributed by atoms with Gasteiger partial charge in [0.1, 0.15) is 0 Å². The Morgan fingerprint density at radius 1 is 0.567 bits per heavy atom. The lowest BCUT2D eigenvalue weighted by atomic mass is 10.1. The zero-order valence-corrected chi connectivity index (χ0v) is 15.9. The molecule has 0 aliphatic heterocycles. The quantitative estimate of drug-likeness (QED) is 0.204. The van der Waals surface area contributed by atoms with E-state index in [0.717, 1.165) is 24.3 Å². The minimum Gasteiger partial charge on any atom is -0.371 e. The summed E-state index contributed by atoms with van der Waals surface area (Å²) in [5, 5.41) is 0. The predicted molar refractivity (Wildman–Crippen MR) is 91.8 cm³/mol. The molecule has 0 radical (unpaired) electrons. The Hall–Kier alpha value is -2.74. The van der Waals surface area contributed by atoms with Crippen LogP contribution in [0.2, 0.25) is 0 Å². The van der Waals surface area contributed by atoms with E-state index in [1.54, 1.807) is 0 Å². The summed E-state index contributed by atoms with van der Waals surface area (Å²) in [6.45, 7) is 0. The molecule has 164 valence electrons. The van der Waals surface area contributed by atoms with Gasteiger partial charge in [-0.1, -0.05) is 60.7 Å². The maximum Gasteiger partial charge on any atom is 0.534 e. The van der Waals surface area contributed by atoms with Gasteiger partial charge < -0.3 is 8.37 Å². The van der Waals surface area contributed by atoms with Gasteiger partial charge in [0.05, 0.1) is 0 Å². The van der Waals surface area contributed by atoms with Gasteiger partial charge in [0.15, 0.2) is 11.5 Å². The number of hydrogen-bond donors (Lipinski definition) is 0. The third-order valence-corrected chi connectivity index (χ3v) is 5.14. The SMILES string of the molecule is O=S(=O)(O/C(=C(/OS(=O)(=O)C(F)(F)F)c1ccccc1)c1ccccc1)C(F)(F)F. The van der Waals surface area contributed by atoms with Crippen LogP contribution in [0.5, 0.6) is 0 Å². The Kier molecular flexibility index (Phi) is 6.42. The van der Waals surface area contributed by atoms with Gasteiger partial charge >= 0.3 is 31.3 Å². The molecule has 0 unspecified atom stereocenters. The van der Waals surface area contributed by atoms with Crippen LogP contribution < -0.4 is 0 Å². The maximum absolute atomic E-state index is 12.8. The lowest BCUT2D eigenvalue weighted by Gasteiger charge is -2.18. The Morgan fingerprint density at radius 3 is 1.07 bits per heavy atom. The Morgan fingerprint density at radius 2 is 0.833 bits per heavy atom. The third kappa shape index (κ3) is 5.24. The molecule has 14 heteroatoms. The van der Waals surface area contributed by atoms with Crippen molar-refractivity contribution < 1.29 is 51.5 Å². The van der Waals surface area contributed by atoms with Gasteiger partial charge in [-0.25, -0.2) is 0 Å². The van der Waals surface area contributed by atoms with Crippen molar-refractivity contribution in [2.45, 2.75) is 11.0 Å². The summed E-state index contributed by atoms with van der Waals surface area (Å²) in [6, 6.07) is 11.4. The van der Waals surface area contributed by atoms with Crippen molar-refractivity contribution >= 4 is 31.8 Å². The molecule has 0 N–H and O–H groups in total. The normalized spacial score (nSPS) is 14.1. The fourth-order valence-electron chi connectivity index (χ4n) is 1.93. The first-order valence-electron chi connectivity index (χ1n) is 7.52. The standard InChI is InChI=1S/C16H10F6O6S2/c17-15(18,19)29(23,24)27-13(11-7-3-1-4-8-11)14(12-9-5-2-6-10-12)28-30(25,26)16(20,21)22/h1-10H/b14-13+. The molecule has 0 spiro atoms. The first-order chi connectivity index (χ1) is 13.7. The van der Waals surface area contributed by atoms with Crippen LogP contribution in [0.4, 0.5) is 26.3 Å². The van der Waals surface area contributed by atoms with Gasteiger partial charge in [-0.2, -0.15) is 43.2 Å². The fraction of sp³-hybridized carbons (Fsp3) is 0.125. The average Bonchev–Trinajstić information content (AvgIpc) is 2.64. The zero-order chi connectivity index (χ0) is 22.8. The molecule has 0 aliphatic rings. The summed E-state index contributed by atoms with van der Waals surface area (Å²) in [5.41, 5.74) is -12.9. The Balaban J connectivity index is 2.85. The molecule has 0 saturated heterocycles. The van der Waals surface area contributed by atoms with Gasteiger partial charge in [-0.05, 0) is 0 Å². The number of hydrogen-bond acceptors (Lipinski definition) is 6. The van der Waals surface area contributed by atoms with Crippen LogP contribution in [-0.4, -0.2) is 27.9 Å². The highest BCUT2D eigenvalue weighted by molar-refractivity contribution is 7.88. The molecule has 0 bridgehead atoms. The fourth-order valence-corrected chi connectivity index (χ4v) is 2.90. The van der Waals surface area contributed by atoms with E-state index in [9.17, 15) is 43.2 Å². The van der Waals surface area contributed by atoms with E-state index in [2.05, 4.69) is 8.37 Å². The molecule has 6 nitrogen and oxygen atoms in total. The monoisotopic (exact) mass is 476 g/mol. The summed E-state index contributed by atoms with van der Waals surface area (Å²) >= 11 is 0. The van der Waals surface area contributed by atoms with Crippen molar-refractivity contribution in [1.29, 1.82) is 0 Å². The molecule has 2 aromatic rings. The predicted octanol–water partition coefficient (Wildman–Crippen LogP) is 4.24. The van der Waals surface area contributed by atoms with Crippen LogP contribution >= 0.6 is 0 Å². The van der Waals surface area contributed by atoms with E-state index in [-0.39, 0.29) is 0 Å². The first-order valence-corrected chi connectivity index (χ1v) is 10.3. The van der Waals surface area contributed by atoms with Crippen LogP contribution in [-0.2, 0) is 28.6 Å². The molecule has 2 aromatic carbocycles. The molecule has 0 amide bonds. The van der Waals surface area contributed by atoms with Crippen molar-refractivity contribution in [3.8, 4) is 0 Å². The van der Waals surface area contributed by atoms with E-state index in [1.807, 2.05) is 0 Å². The topological polar surface area (TPSA) is 86.7 Å². The molecule has 0 aliphatic carbocycles. The van der Waals surface area contributed by atoms with E-state index >= 15 is 0 Å². The maximum atomic E-state index is 12.8. The molecule has 0 saturated carbocycles. The van der Waals surface area contributed by atoms with Gasteiger partial charge in [-0.3, -0.25) is 0 Å². The van der Waals surface area contributed by atoms with Gasteiger partial charge in [0.25, 0.3) is 0 Å². The lowest BCUT2D eigenvalue weighted by Crippen LogP contribution is -2.27. The van der Waals surface area contributed by atoms with Crippen molar-refractivity contribution in [2.75, 3.05) is 0 Å². The molecule has 30 heavy (non-hydrogen) atoms. The van der Waals surface area contributed by atoms with E-state index in [4.69, 9.17) is 0 Å². The highest BCUT2D eigenvalue weighted by Gasteiger charge is 2.51. The minimum absolute atomic E-state index is 0.499. The first kappa shape index (κ1) is 23.5. The molecular formula is C16H10F6O6S2. The number of halogens is 6. The van der Waals surface area contributed by atoms with Crippen LogP contribution in [0.1, 0.15) is 11.1 Å². The highest BCUT2D eigenvalue weighted by atomic mass is 32.2. The molecule has 0 heterocycles. The highest BCUT2D eigenvalue weighted by Crippen LogP contribution is 2.37. The van der Waals surface area contributed by atoms with Crippen LogP contribution in [0.15, 0.2) is 60.7 Å². The molecular weight excluding hydrogens is 466 g/mol. The molecule has 2 rings (SSSR count). The van der Waals surface area contributed by atoms with Crippen molar-refractivity contribution in [3.05, 3.63) is 71.8 Å². The van der Waals surface area contributed by atoms with Crippen LogP contribution in [0.25, 0.3) is 11.5 Å². The summed E-state index contributed by atoms with van der Waals surface area (Å²) in [7, 11) is -12.8. The van der Waals surface area contributed by atoms with Gasteiger partial charge in [0, 0.05) is 11.1 Å². The third-order valence-electron chi connectivity index (χ3n) is 3.23. The number of rotatable bonds is 6. The second-order valence-corrected chi connectivity index (χ2v) is 8.43. The van der Waals surface area contributed by atoms with Gasteiger partial charge in [-0.15, -0.1) is 0 Å². The number of alkyl halides is 6.